The Kier molecular flexibility index (Phi) is 4.55. The van der Waals surface area contributed by atoms with Gasteiger partial charge in [0, 0.05) is 31.3 Å². The van der Waals surface area contributed by atoms with E-state index in [0.29, 0.717) is 36.9 Å². The molecule has 168 valence electrons. The molecule has 0 aromatic carbocycles. The summed E-state index contributed by atoms with van der Waals surface area (Å²) in [5, 5.41) is 9.86. The van der Waals surface area contributed by atoms with Gasteiger partial charge in [0.2, 0.25) is 0 Å². The molecule has 6 atom stereocenters. The zero-order valence-electron chi connectivity index (χ0n) is 18.7. The van der Waals surface area contributed by atoms with Crippen molar-refractivity contribution in [1.82, 2.24) is 0 Å². The maximum atomic E-state index is 9.86. The highest BCUT2D eigenvalue weighted by atomic mass is 16.7. The molecular formula is C25H38O5. The highest BCUT2D eigenvalue weighted by Crippen LogP contribution is 2.70. The first-order valence-corrected chi connectivity index (χ1v) is 12.3. The number of hydrogen-bond donors (Lipinski definition) is 1. The Morgan fingerprint density at radius 1 is 1.00 bits per heavy atom. The zero-order valence-corrected chi connectivity index (χ0v) is 18.7. The van der Waals surface area contributed by atoms with Gasteiger partial charge in [0.1, 0.15) is 0 Å². The van der Waals surface area contributed by atoms with Crippen LogP contribution >= 0.6 is 0 Å². The van der Waals surface area contributed by atoms with Crippen molar-refractivity contribution in [2.45, 2.75) is 76.8 Å². The second-order valence-electron chi connectivity index (χ2n) is 11.3. The molecule has 2 heterocycles. The van der Waals surface area contributed by atoms with Crippen molar-refractivity contribution < 1.29 is 24.1 Å². The minimum Gasteiger partial charge on any atom is -0.396 e. The first-order chi connectivity index (χ1) is 14.5. The van der Waals surface area contributed by atoms with E-state index in [4.69, 9.17) is 18.9 Å². The lowest BCUT2D eigenvalue weighted by molar-refractivity contribution is -0.243. The highest BCUT2D eigenvalue weighted by Gasteiger charge is 2.69. The first-order valence-electron chi connectivity index (χ1n) is 12.3. The number of rotatable bonds is 2. The predicted octanol–water partition coefficient (Wildman–Crippen LogP) is 4.04. The molecule has 4 aliphatic carbocycles. The predicted molar refractivity (Wildman–Crippen MR) is 112 cm³/mol. The van der Waals surface area contributed by atoms with E-state index < -0.39 is 5.79 Å². The summed E-state index contributed by atoms with van der Waals surface area (Å²) in [4.78, 5) is 0. The maximum absolute atomic E-state index is 9.86. The molecule has 0 amide bonds. The third-order valence-electron chi connectivity index (χ3n) is 10.3. The minimum atomic E-state index is -0.421. The first kappa shape index (κ1) is 20.2. The smallest absolute Gasteiger partial charge is 0.174 e. The molecule has 0 aromatic rings. The third-order valence-corrected chi connectivity index (χ3v) is 10.3. The van der Waals surface area contributed by atoms with Gasteiger partial charge in [-0.2, -0.15) is 0 Å². The van der Waals surface area contributed by atoms with E-state index in [0.717, 1.165) is 51.7 Å². The van der Waals surface area contributed by atoms with E-state index in [1.165, 1.54) is 12.8 Å². The lowest BCUT2D eigenvalue weighted by Gasteiger charge is -2.60. The zero-order chi connectivity index (χ0) is 20.6. The Morgan fingerprint density at radius 3 is 2.47 bits per heavy atom. The lowest BCUT2D eigenvalue weighted by Crippen LogP contribution is -2.56. The van der Waals surface area contributed by atoms with Crippen molar-refractivity contribution in [2.75, 3.05) is 33.0 Å². The fraction of sp³-hybridized carbons (Fsp3) is 0.920. The molecule has 0 unspecified atom stereocenters. The molecule has 0 radical (unpaired) electrons. The summed E-state index contributed by atoms with van der Waals surface area (Å²) in [5.41, 5.74) is 1.89. The topological polar surface area (TPSA) is 57.2 Å². The highest BCUT2D eigenvalue weighted by molar-refractivity contribution is 5.27. The normalized spacial score (nSPS) is 48.4. The standard InChI is InChI=1S/C25H38O5/c1-22-8-9-24(27-11-12-28-24)16-18(22)3-4-19-20(22)5-7-23(2)21(19)17(6-10-26)15-25(23)29-13-14-30-25/h3,17,19-21,26H,4-16H2,1-2H3/t17-,19+,20-,21-,22-,23-/m0/s1. The van der Waals surface area contributed by atoms with Crippen LogP contribution in [0.2, 0.25) is 0 Å². The quantitative estimate of drug-likeness (QED) is 0.686. The Balaban J connectivity index is 1.35. The lowest BCUT2D eigenvalue weighted by atomic mass is 9.46. The SMILES string of the molecule is C[C@]12CCC3(CC1=CC[C@H]1[C@@H]4[C@@H](CCO)CC5(OCCO5)[C@@]4(C)CC[C@@H]12)OCCO3. The van der Waals surface area contributed by atoms with Crippen LogP contribution in [0.1, 0.15) is 65.2 Å². The molecule has 6 rings (SSSR count). The van der Waals surface area contributed by atoms with Crippen LogP contribution in [-0.4, -0.2) is 49.7 Å². The van der Waals surface area contributed by atoms with Crippen molar-refractivity contribution in [1.29, 1.82) is 0 Å². The van der Waals surface area contributed by atoms with E-state index in [1.54, 1.807) is 5.57 Å². The Morgan fingerprint density at radius 2 is 1.73 bits per heavy atom. The summed E-state index contributed by atoms with van der Waals surface area (Å²) >= 11 is 0. The summed E-state index contributed by atoms with van der Waals surface area (Å²) in [6.45, 7) is 8.13. The van der Waals surface area contributed by atoms with Gasteiger partial charge in [0.25, 0.3) is 0 Å². The van der Waals surface area contributed by atoms with Crippen LogP contribution in [0.25, 0.3) is 0 Å². The van der Waals surface area contributed by atoms with Gasteiger partial charge in [0.15, 0.2) is 11.6 Å². The van der Waals surface area contributed by atoms with Gasteiger partial charge in [-0.05, 0) is 61.2 Å². The van der Waals surface area contributed by atoms with Crippen molar-refractivity contribution in [3.8, 4) is 0 Å². The Hall–Kier alpha value is -0.460. The largest absolute Gasteiger partial charge is 0.396 e. The molecule has 0 aromatic heterocycles. The second-order valence-corrected chi connectivity index (χ2v) is 11.3. The van der Waals surface area contributed by atoms with Gasteiger partial charge in [-0.15, -0.1) is 0 Å². The molecule has 3 saturated carbocycles. The number of hydrogen-bond acceptors (Lipinski definition) is 5. The Bertz CT molecular complexity index is 721. The van der Waals surface area contributed by atoms with Crippen LogP contribution in [-0.2, 0) is 18.9 Å². The van der Waals surface area contributed by atoms with Crippen LogP contribution in [0.4, 0.5) is 0 Å². The van der Waals surface area contributed by atoms with E-state index in [9.17, 15) is 5.11 Å². The second kappa shape index (κ2) is 6.77. The Labute approximate surface area is 180 Å². The van der Waals surface area contributed by atoms with E-state index in [2.05, 4.69) is 19.9 Å². The molecular weight excluding hydrogens is 380 g/mol. The van der Waals surface area contributed by atoms with Crippen molar-refractivity contribution in [3.05, 3.63) is 11.6 Å². The van der Waals surface area contributed by atoms with Gasteiger partial charge in [-0.1, -0.05) is 25.5 Å². The van der Waals surface area contributed by atoms with Crippen LogP contribution in [0.15, 0.2) is 11.6 Å². The van der Waals surface area contributed by atoms with Gasteiger partial charge < -0.3 is 24.1 Å². The summed E-state index contributed by atoms with van der Waals surface area (Å²) in [5.74, 6) is 1.64. The van der Waals surface area contributed by atoms with Crippen molar-refractivity contribution in [2.24, 2.45) is 34.5 Å². The van der Waals surface area contributed by atoms with E-state index in [-0.39, 0.29) is 23.2 Å². The summed E-state index contributed by atoms with van der Waals surface area (Å²) in [7, 11) is 0. The molecule has 1 N–H and O–H groups in total. The van der Waals surface area contributed by atoms with Crippen molar-refractivity contribution >= 4 is 0 Å². The fourth-order valence-electron chi connectivity index (χ4n) is 8.97. The van der Waals surface area contributed by atoms with Crippen LogP contribution in [0.5, 0.6) is 0 Å². The van der Waals surface area contributed by atoms with Crippen LogP contribution in [0, 0.1) is 34.5 Å². The van der Waals surface area contributed by atoms with Crippen LogP contribution < -0.4 is 0 Å². The summed E-state index contributed by atoms with van der Waals surface area (Å²) in [6.07, 6.45) is 11.1. The molecule has 2 spiro atoms. The van der Waals surface area contributed by atoms with Crippen LogP contribution in [0.3, 0.4) is 0 Å². The fourth-order valence-corrected chi connectivity index (χ4v) is 8.97. The monoisotopic (exact) mass is 418 g/mol. The van der Waals surface area contributed by atoms with Gasteiger partial charge in [0.05, 0.1) is 26.4 Å². The number of aliphatic hydroxyl groups excluding tert-OH is 1. The van der Waals surface area contributed by atoms with E-state index >= 15 is 0 Å². The minimum absolute atomic E-state index is 0.0553. The van der Waals surface area contributed by atoms with Gasteiger partial charge >= 0.3 is 0 Å². The number of ether oxygens (including phenoxy) is 4. The molecule has 30 heavy (non-hydrogen) atoms. The molecule has 6 aliphatic rings. The molecule has 2 aliphatic heterocycles. The average molecular weight is 419 g/mol. The van der Waals surface area contributed by atoms with Gasteiger partial charge in [-0.25, -0.2) is 0 Å². The number of aliphatic hydroxyl groups is 1. The number of fused-ring (bicyclic) bond motifs is 6. The third kappa shape index (κ3) is 2.53. The molecule has 5 heteroatoms. The number of allylic oxidation sites excluding steroid dienone is 1. The van der Waals surface area contributed by atoms with E-state index in [1.807, 2.05) is 0 Å². The molecule has 5 nitrogen and oxygen atoms in total. The summed E-state index contributed by atoms with van der Waals surface area (Å²) < 4.78 is 24.9. The van der Waals surface area contributed by atoms with Gasteiger partial charge in [-0.3, -0.25) is 0 Å². The van der Waals surface area contributed by atoms with Crippen molar-refractivity contribution in [3.63, 3.8) is 0 Å². The molecule has 5 fully saturated rings. The molecule has 2 saturated heterocycles. The molecule has 0 bridgehead atoms. The summed E-state index contributed by atoms with van der Waals surface area (Å²) in [6, 6.07) is 0. The maximum Gasteiger partial charge on any atom is 0.174 e. The average Bonchev–Trinajstić information content (AvgIpc) is 3.44.